The van der Waals surface area contributed by atoms with Gasteiger partial charge in [-0.2, -0.15) is 0 Å². The fourth-order valence-corrected chi connectivity index (χ4v) is 4.40. The lowest BCUT2D eigenvalue weighted by atomic mass is 10.0. The molecule has 0 saturated heterocycles. The summed E-state index contributed by atoms with van der Waals surface area (Å²) < 4.78 is 39.1. The van der Waals surface area contributed by atoms with Gasteiger partial charge in [-0.25, -0.2) is 13.1 Å². The smallest absolute Gasteiger partial charge is 0.241 e. The Morgan fingerprint density at radius 2 is 1.96 bits per heavy atom. The molecule has 0 amide bonds. The Kier molecular flexibility index (Phi) is 4.51. The Labute approximate surface area is 142 Å². The van der Waals surface area contributed by atoms with E-state index in [0.29, 0.717) is 17.9 Å². The van der Waals surface area contributed by atoms with Gasteiger partial charge < -0.3 is 9.47 Å². The van der Waals surface area contributed by atoms with E-state index in [4.69, 9.17) is 9.47 Å². The molecular weight excluding hydrogens is 326 g/mol. The fraction of sp³-hybridized carbons (Fsp3) is 0.333. The van der Waals surface area contributed by atoms with E-state index < -0.39 is 10.0 Å². The molecule has 2 aromatic carbocycles. The molecule has 1 unspecified atom stereocenters. The van der Waals surface area contributed by atoms with Crippen LogP contribution >= 0.6 is 0 Å². The summed E-state index contributed by atoms with van der Waals surface area (Å²) >= 11 is 0. The highest BCUT2D eigenvalue weighted by atomic mass is 32.2. The molecule has 1 aliphatic rings. The Hall–Kier alpha value is -2.05. The standard InChI is InChI=1S/C18H21NO4S/c1-12-4-5-13(2)18(8-12)24(20,21)19-15-9-14-10-16(22-3)6-7-17(14)23-11-15/h4-8,10,15,19H,9,11H2,1-3H3. The summed E-state index contributed by atoms with van der Waals surface area (Å²) in [7, 11) is -1.99. The first-order valence-electron chi connectivity index (χ1n) is 7.78. The van der Waals surface area contributed by atoms with Gasteiger partial charge in [-0.05, 0) is 61.2 Å². The number of nitrogens with one attached hydrogen (secondary N) is 1. The van der Waals surface area contributed by atoms with Gasteiger partial charge in [-0.3, -0.25) is 0 Å². The van der Waals surface area contributed by atoms with Crippen LogP contribution in [0.5, 0.6) is 11.5 Å². The molecule has 0 saturated carbocycles. The van der Waals surface area contributed by atoms with Gasteiger partial charge in [0.15, 0.2) is 0 Å². The first-order chi connectivity index (χ1) is 11.4. The van der Waals surface area contributed by atoms with E-state index in [1.54, 1.807) is 20.1 Å². The summed E-state index contributed by atoms with van der Waals surface area (Å²) in [6.07, 6.45) is 0.566. The lowest BCUT2D eigenvalue weighted by molar-refractivity contribution is 0.253. The highest BCUT2D eigenvalue weighted by molar-refractivity contribution is 7.89. The number of ether oxygens (including phenoxy) is 2. The number of methoxy groups -OCH3 is 1. The second kappa shape index (κ2) is 6.45. The van der Waals surface area contributed by atoms with Crippen LogP contribution in [-0.2, 0) is 16.4 Å². The van der Waals surface area contributed by atoms with Crippen LogP contribution in [0.15, 0.2) is 41.3 Å². The number of sulfonamides is 1. The third kappa shape index (κ3) is 3.39. The SMILES string of the molecule is COc1ccc2c(c1)CC(NS(=O)(=O)c1cc(C)ccc1C)CO2. The Morgan fingerprint density at radius 1 is 1.17 bits per heavy atom. The van der Waals surface area contributed by atoms with Crippen molar-refractivity contribution in [3.05, 3.63) is 53.1 Å². The first kappa shape index (κ1) is 16.8. The predicted octanol–water partition coefficient (Wildman–Crippen LogP) is 2.59. The molecule has 6 heteroatoms. The highest BCUT2D eigenvalue weighted by Crippen LogP contribution is 2.29. The van der Waals surface area contributed by atoms with Crippen LogP contribution in [0.2, 0.25) is 0 Å². The highest BCUT2D eigenvalue weighted by Gasteiger charge is 2.26. The summed E-state index contributed by atoms with van der Waals surface area (Å²) in [6, 6.07) is 10.7. The number of hydrogen-bond acceptors (Lipinski definition) is 4. The van der Waals surface area contributed by atoms with Crippen molar-refractivity contribution < 1.29 is 17.9 Å². The van der Waals surface area contributed by atoms with Gasteiger partial charge in [0.2, 0.25) is 10.0 Å². The Morgan fingerprint density at radius 3 is 2.71 bits per heavy atom. The zero-order chi connectivity index (χ0) is 17.3. The molecular formula is C18H21NO4S. The zero-order valence-electron chi connectivity index (χ0n) is 14.0. The molecule has 1 N–H and O–H groups in total. The number of aryl methyl sites for hydroxylation is 2. The number of rotatable bonds is 4. The normalized spacial score (nSPS) is 17.0. The first-order valence-corrected chi connectivity index (χ1v) is 9.26. The molecule has 5 nitrogen and oxygen atoms in total. The van der Waals surface area contributed by atoms with E-state index in [9.17, 15) is 8.42 Å². The van der Waals surface area contributed by atoms with Crippen molar-refractivity contribution in [1.29, 1.82) is 0 Å². The average Bonchev–Trinajstić information content (AvgIpc) is 2.56. The summed E-state index contributed by atoms with van der Waals surface area (Å²) in [5, 5.41) is 0. The quantitative estimate of drug-likeness (QED) is 0.923. The maximum Gasteiger partial charge on any atom is 0.241 e. The van der Waals surface area contributed by atoms with E-state index in [1.165, 1.54) is 0 Å². The minimum Gasteiger partial charge on any atom is -0.497 e. The van der Waals surface area contributed by atoms with Gasteiger partial charge in [0.05, 0.1) is 18.0 Å². The Balaban J connectivity index is 1.82. The van der Waals surface area contributed by atoms with Crippen LogP contribution in [0.3, 0.4) is 0 Å². The van der Waals surface area contributed by atoms with Crippen LogP contribution in [0.25, 0.3) is 0 Å². The summed E-state index contributed by atoms with van der Waals surface area (Å²) in [5.74, 6) is 1.51. The van der Waals surface area contributed by atoms with Crippen molar-refractivity contribution in [1.82, 2.24) is 4.72 Å². The molecule has 128 valence electrons. The molecule has 0 aromatic heterocycles. The Bertz CT molecular complexity index is 861. The number of benzene rings is 2. The number of hydrogen-bond donors (Lipinski definition) is 1. The van der Waals surface area contributed by atoms with Crippen LogP contribution < -0.4 is 14.2 Å². The van der Waals surface area contributed by atoms with Gasteiger partial charge in [-0.1, -0.05) is 12.1 Å². The van der Waals surface area contributed by atoms with E-state index in [-0.39, 0.29) is 6.04 Å². The molecule has 1 heterocycles. The molecule has 0 aliphatic carbocycles. The predicted molar refractivity (Wildman–Crippen MR) is 92.2 cm³/mol. The van der Waals surface area contributed by atoms with Gasteiger partial charge in [0.25, 0.3) is 0 Å². The summed E-state index contributed by atoms with van der Waals surface area (Å²) in [5.41, 5.74) is 2.58. The summed E-state index contributed by atoms with van der Waals surface area (Å²) in [6.45, 7) is 3.99. The topological polar surface area (TPSA) is 64.6 Å². The minimum absolute atomic E-state index is 0.309. The van der Waals surface area contributed by atoms with Crippen molar-refractivity contribution in [2.24, 2.45) is 0 Å². The molecule has 0 fully saturated rings. The van der Waals surface area contributed by atoms with Gasteiger partial charge in [0.1, 0.15) is 18.1 Å². The van der Waals surface area contributed by atoms with E-state index in [1.807, 2.05) is 37.3 Å². The zero-order valence-corrected chi connectivity index (χ0v) is 14.8. The maximum atomic E-state index is 12.7. The van der Waals surface area contributed by atoms with Crippen molar-refractivity contribution in [2.45, 2.75) is 31.2 Å². The molecule has 3 rings (SSSR count). The lowest BCUT2D eigenvalue weighted by Crippen LogP contribution is -2.42. The van der Waals surface area contributed by atoms with E-state index >= 15 is 0 Å². The van der Waals surface area contributed by atoms with Gasteiger partial charge >= 0.3 is 0 Å². The van der Waals surface area contributed by atoms with E-state index in [2.05, 4.69) is 4.72 Å². The van der Waals surface area contributed by atoms with E-state index in [0.717, 1.165) is 28.2 Å². The van der Waals surface area contributed by atoms with Crippen LogP contribution in [0.1, 0.15) is 16.7 Å². The molecule has 0 bridgehead atoms. The van der Waals surface area contributed by atoms with Crippen molar-refractivity contribution in [2.75, 3.05) is 13.7 Å². The third-order valence-corrected chi connectivity index (χ3v) is 5.79. The van der Waals surface area contributed by atoms with Crippen molar-refractivity contribution >= 4 is 10.0 Å². The van der Waals surface area contributed by atoms with Crippen LogP contribution in [-0.4, -0.2) is 28.2 Å². The van der Waals surface area contributed by atoms with Crippen LogP contribution in [0, 0.1) is 13.8 Å². The number of fused-ring (bicyclic) bond motifs is 1. The molecule has 1 aliphatic heterocycles. The van der Waals surface area contributed by atoms with Crippen molar-refractivity contribution in [3.63, 3.8) is 0 Å². The molecule has 0 radical (unpaired) electrons. The molecule has 2 aromatic rings. The molecule has 0 spiro atoms. The van der Waals surface area contributed by atoms with Gasteiger partial charge in [0, 0.05) is 0 Å². The monoisotopic (exact) mass is 347 g/mol. The maximum absolute atomic E-state index is 12.7. The van der Waals surface area contributed by atoms with Crippen molar-refractivity contribution in [3.8, 4) is 11.5 Å². The molecule has 1 atom stereocenters. The second-order valence-corrected chi connectivity index (χ2v) is 7.76. The third-order valence-electron chi connectivity index (χ3n) is 4.13. The van der Waals surface area contributed by atoms with Gasteiger partial charge in [-0.15, -0.1) is 0 Å². The average molecular weight is 347 g/mol. The lowest BCUT2D eigenvalue weighted by Gasteiger charge is -2.26. The summed E-state index contributed by atoms with van der Waals surface area (Å²) in [4.78, 5) is 0.318. The largest absolute Gasteiger partial charge is 0.497 e. The second-order valence-electron chi connectivity index (χ2n) is 6.08. The minimum atomic E-state index is -3.59. The fourth-order valence-electron chi connectivity index (χ4n) is 2.85. The molecule has 24 heavy (non-hydrogen) atoms. The van der Waals surface area contributed by atoms with Crippen LogP contribution in [0.4, 0.5) is 0 Å².